The highest BCUT2D eigenvalue weighted by Crippen LogP contribution is 2.30. The van der Waals surface area contributed by atoms with E-state index in [-0.39, 0.29) is 11.6 Å². The van der Waals surface area contributed by atoms with Gasteiger partial charge in [0, 0.05) is 12.5 Å². The Morgan fingerprint density at radius 3 is 2.93 bits per heavy atom. The summed E-state index contributed by atoms with van der Waals surface area (Å²) < 4.78 is 1.72. The molecular weight excluding hydrogens is 190 g/mol. The van der Waals surface area contributed by atoms with E-state index in [1.165, 1.54) is 5.56 Å². The Balaban J connectivity index is 2.08. The molecule has 4 nitrogen and oxygen atoms in total. The maximum Gasteiger partial charge on any atom is 0.343 e. The van der Waals surface area contributed by atoms with Crippen molar-refractivity contribution in [3.05, 3.63) is 52.2 Å². The quantitative estimate of drug-likeness (QED) is 0.751. The number of benzene rings is 1. The highest BCUT2D eigenvalue weighted by molar-refractivity contribution is 5.26. The van der Waals surface area contributed by atoms with Gasteiger partial charge in [-0.1, -0.05) is 30.3 Å². The average molecular weight is 201 g/mol. The van der Waals surface area contributed by atoms with Gasteiger partial charge in [0.2, 0.25) is 0 Å². The third-order valence-corrected chi connectivity index (χ3v) is 2.94. The number of hydrogen-bond donors (Lipinski definition) is 1. The summed E-state index contributed by atoms with van der Waals surface area (Å²) in [6.45, 7) is 0.768. The van der Waals surface area contributed by atoms with Crippen molar-refractivity contribution in [2.24, 2.45) is 0 Å². The summed E-state index contributed by atoms with van der Waals surface area (Å²) in [6, 6.07) is 10.2. The number of aromatic nitrogens is 3. The van der Waals surface area contributed by atoms with Gasteiger partial charge < -0.3 is 0 Å². The van der Waals surface area contributed by atoms with Crippen molar-refractivity contribution in [3.63, 3.8) is 0 Å². The number of aromatic amines is 1. The maximum absolute atomic E-state index is 11.3. The van der Waals surface area contributed by atoms with Crippen molar-refractivity contribution < 1.29 is 0 Å². The topological polar surface area (TPSA) is 50.7 Å². The molecule has 1 aromatic heterocycles. The highest BCUT2D eigenvalue weighted by atomic mass is 16.1. The van der Waals surface area contributed by atoms with Crippen LogP contribution in [-0.2, 0) is 6.54 Å². The molecular formula is C11H11N3O. The molecule has 0 bridgehead atoms. The first-order valence-electron chi connectivity index (χ1n) is 5.06. The number of fused-ring (bicyclic) bond motifs is 1. The van der Waals surface area contributed by atoms with Gasteiger partial charge in [-0.15, -0.1) is 0 Å². The summed E-state index contributed by atoms with van der Waals surface area (Å²) in [7, 11) is 0. The predicted octanol–water partition coefficient (Wildman–Crippen LogP) is 1.11. The number of nitrogens with one attached hydrogen (secondary N) is 1. The van der Waals surface area contributed by atoms with Gasteiger partial charge in [0.05, 0.1) is 0 Å². The van der Waals surface area contributed by atoms with Crippen LogP contribution in [-0.4, -0.2) is 14.8 Å². The molecule has 3 rings (SSSR count). The molecule has 0 aliphatic carbocycles. The maximum atomic E-state index is 11.3. The molecule has 1 aromatic carbocycles. The monoisotopic (exact) mass is 201 g/mol. The van der Waals surface area contributed by atoms with Crippen LogP contribution in [0.3, 0.4) is 0 Å². The lowest BCUT2D eigenvalue weighted by Gasteiger charge is -2.06. The Labute approximate surface area is 86.6 Å². The molecule has 1 N–H and O–H groups in total. The van der Waals surface area contributed by atoms with E-state index >= 15 is 0 Å². The van der Waals surface area contributed by atoms with Crippen LogP contribution in [0.15, 0.2) is 35.1 Å². The Morgan fingerprint density at radius 1 is 1.33 bits per heavy atom. The van der Waals surface area contributed by atoms with Gasteiger partial charge in [-0.25, -0.2) is 9.89 Å². The molecule has 0 amide bonds. The fourth-order valence-corrected chi connectivity index (χ4v) is 2.20. The second-order valence-corrected chi connectivity index (χ2v) is 3.79. The van der Waals surface area contributed by atoms with Crippen LogP contribution < -0.4 is 5.69 Å². The van der Waals surface area contributed by atoms with Gasteiger partial charge in [0.15, 0.2) is 0 Å². The molecule has 0 saturated carbocycles. The molecule has 2 aromatic rings. The molecule has 0 saturated heterocycles. The van der Waals surface area contributed by atoms with Gasteiger partial charge in [-0.05, 0) is 12.0 Å². The lowest BCUT2D eigenvalue weighted by Crippen LogP contribution is -2.14. The fraction of sp³-hybridized carbons (Fsp3) is 0.273. The molecule has 15 heavy (non-hydrogen) atoms. The zero-order chi connectivity index (χ0) is 10.3. The second-order valence-electron chi connectivity index (χ2n) is 3.79. The van der Waals surface area contributed by atoms with E-state index in [0.29, 0.717) is 0 Å². The smallest absolute Gasteiger partial charge is 0.279 e. The van der Waals surface area contributed by atoms with Crippen molar-refractivity contribution in [2.75, 3.05) is 0 Å². The third-order valence-electron chi connectivity index (χ3n) is 2.94. The molecule has 1 aliphatic heterocycles. The summed E-state index contributed by atoms with van der Waals surface area (Å²) in [4.78, 5) is 11.3. The van der Waals surface area contributed by atoms with E-state index in [4.69, 9.17) is 0 Å². The van der Waals surface area contributed by atoms with Crippen molar-refractivity contribution in [2.45, 2.75) is 18.9 Å². The summed E-state index contributed by atoms with van der Waals surface area (Å²) in [5.74, 6) is 1.14. The minimum atomic E-state index is -0.0940. The lowest BCUT2D eigenvalue weighted by molar-refractivity contribution is 0.690. The van der Waals surface area contributed by atoms with Crippen LogP contribution in [0.5, 0.6) is 0 Å². The van der Waals surface area contributed by atoms with E-state index in [1.54, 1.807) is 4.57 Å². The van der Waals surface area contributed by atoms with Crippen LogP contribution in [0.1, 0.15) is 23.7 Å². The standard InChI is InChI=1S/C11H11N3O/c15-11-13-12-10-9(6-7-14(10)11)8-4-2-1-3-5-8/h1-5,9H,6-7H2,(H,13,15). The fourth-order valence-electron chi connectivity index (χ4n) is 2.20. The lowest BCUT2D eigenvalue weighted by atomic mass is 9.98. The minimum Gasteiger partial charge on any atom is -0.279 e. The van der Waals surface area contributed by atoms with E-state index in [2.05, 4.69) is 22.3 Å². The number of H-pyrrole nitrogens is 1. The van der Waals surface area contributed by atoms with Gasteiger partial charge in [-0.3, -0.25) is 4.57 Å². The SMILES string of the molecule is O=c1[nH]nc2n1CCC2c1ccccc1. The van der Waals surface area contributed by atoms with Crippen molar-refractivity contribution in [3.8, 4) is 0 Å². The number of hydrogen-bond acceptors (Lipinski definition) is 2. The Bertz CT molecular complexity index is 526. The Hall–Kier alpha value is -1.84. The summed E-state index contributed by atoms with van der Waals surface area (Å²) in [5, 5.41) is 6.58. The normalized spacial score (nSPS) is 19.1. The van der Waals surface area contributed by atoms with Crippen molar-refractivity contribution in [1.29, 1.82) is 0 Å². The Kier molecular flexibility index (Phi) is 1.74. The summed E-state index contributed by atoms with van der Waals surface area (Å²) in [5.41, 5.74) is 1.14. The van der Waals surface area contributed by atoms with Crippen molar-refractivity contribution in [1.82, 2.24) is 14.8 Å². The number of nitrogens with zero attached hydrogens (tertiary/aromatic N) is 2. The Morgan fingerprint density at radius 2 is 2.13 bits per heavy atom. The van der Waals surface area contributed by atoms with E-state index < -0.39 is 0 Å². The molecule has 1 atom stereocenters. The molecule has 1 unspecified atom stereocenters. The molecule has 76 valence electrons. The molecule has 0 radical (unpaired) electrons. The molecule has 1 aliphatic rings. The van der Waals surface area contributed by atoms with Gasteiger partial charge in [0.25, 0.3) is 0 Å². The zero-order valence-corrected chi connectivity index (χ0v) is 8.18. The molecule has 4 heteroatoms. The van der Waals surface area contributed by atoms with Crippen molar-refractivity contribution >= 4 is 0 Å². The van der Waals surface area contributed by atoms with Gasteiger partial charge >= 0.3 is 5.69 Å². The molecule has 0 spiro atoms. The van der Waals surface area contributed by atoms with E-state index in [1.807, 2.05) is 18.2 Å². The van der Waals surface area contributed by atoms with Gasteiger partial charge in [0.1, 0.15) is 5.82 Å². The van der Waals surface area contributed by atoms with Crippen LogP contribution in [0, 0.1) is 0 Å². The number of rotatable bonds is 1. The zero-order valence-electron chi connectivity index (χ0n) is 8.18. The van der Waals surface area contributed by atoms with E-state index in [0.717, 1.165) is 18.8 Å². The summed E-state index contributed by atoms with van der Waals surface area (Å²) in [6.07, 6.45) is 0.969. The first-order chi connectivity index (χ1) is 7.36. The van der Waals surface area contributed by atoms with Crippen LogP contribution in [0.4, 0.5) is 0 Å². The van der Waals surface area contributed by atoms with Crippen LogP contribution >= 0.6 is 0 Å². The van der Waals surface area contributed by atoms with Gasteiger partial charge in [-0.2, -0.15) is 5.10 Å². The minimum absolute atomic E-state index is 0.0940. The van der Waals surface area contributed by atoms with Crippen LogP contribution in [0.25, 0.3) is 0 Å². The first-order valence-corrected chi connectivity index (χ1v) is 5.06. The average Bonchev–Trinajstić information content (AvgIpc) is 2.83. The first kappa shape index (κ1) is 8.47. The summed E-state index contributed by atoms with van der Waals surface area (Å²) >= 11 is 0. The second kappa shape index (κ2) is 3.08. The highest BCUT2D eigenvalue weighted by Gasteiger charge is 2.27. The molecule has 2 heterocycles. The molecule has 0 fully saturated rings. The third kappa shape index (κ3) is 1.21. The van der Waals surface area contributed by atoms with Crippen LogP contribution in [0.2, 0.25) is 0 Å². The predicted molar refractivity (Wildman–Crippen MR) is 55.7 cm³/mol. The largest absolute Gasteiger partial charge is 0.343 e. The van der Waals surface area contributed by atoms with E-state index in [9.17, 15) is 4.79 Å².